The van der Waals surface area contributed by atoms with Gasteiger partial charge < -0.3 is 5.73 Å². The fraction of sp³-hybridized carbons (Fsp3) is 0.538. The largest absolute Gasteiger partial charge is 0.326 e. The Morgan fingerprint density at radius 3 is 2.33 bits per heavy atom. The summed E-state index contributed by atoms with van der Waals surface area (Å²) in [6.45, 7) is 2.08. The third kappa shape index (κ3) is 4.03. The smallest absolute Gasteiger partial charge is 0.218 e. The fourth-order valence-corrected chi connectivity index (χ4v) is 6.00. The number of nitrogens with two attached hydrogens (primary N) is 1. The van der Waals surface area contributed by atoms with Crippen molar-refractivity contribution in [3.05, 3.63) is 35.4 Å². The molecule has 0 amide bonds. The first-order valence-electron chi connectivity index (χ1n) is 6.71. The average Bonchev–Trinajstić information content (AvgIpc) is 2.37. The molecular weight excluding hydrogens is 312 g/mol. The summed E-state index contributed by atoms with van der Waals surface area (Å²) in [6.07, 6.45) is 0. The molecule has 8 heteroatoms. The molecule has 1 heterocycles. The lowest BCUT2D eigenvalue weighted by Gasteiger charge is -2.32. The lowest BCUT2D eigenvalue weighted by atomic mass is 10.1. The molecule has 0 radical (unpaired) electrons. The van der Waals surface area contributed by atoms with Gasteiger partial charge in [0.05, 0.1) is 17.3 Å². The molecule has 1 aliphatic rings. The molecule has 0 aliphatic carbocycles. The van der Waals surface area contributed by atoms with E-state index in [-0.39, 0.29) is 23.8 Å². The van der Waals surface area contributed by atoms with Crippen LogP contribution in [0.5, 0.6) is 0 Å². The molecule has 2 N–H and O–H groups in total. The van der Waals surface area contributed by atoms with E-state index in [0.29, 0.717) is 12.1 Å². The van der Waals surface area contributed by atoms with E-state index in [1.54, 1.807) is 31.2 Å². The van der Waals surface area contributed by atoms with E-state index in [2.05, 4.69) is 0 Å². The molecular formula is C13H20N2O4S2. The number of hydrogen-bond acceptors (Lipinski definition) is 5. The lowest BCUT2D eigenvalue weighted by molar-refractivity contribution is 0.356. The summed E-state index contributed by atoms with van der Waals surface area (Å²) in [5.74, 6) is -0.344. The van der Waals surface area contributed by atoms with Gasteiger partial charge in [-0.3, -0.25) is 0 Å². The Balaban J connectivity index is 2.14. The first-order valence-corrected chi connectivity index (χ1v) is 10.1. The van der Waals surface area contributed by atoms with E-state index < -0.39 is 25.9 Å². The topological polar surface area (TPSA) is 97.5 Å². The van der Waals surface area contributed by atoms with Crippen molar-refractivity contribution in [3.8, 4) is 0 Å². The highest BCUT2D eigenvalue weighted by atomic mass is 32.2. The minimum Gasteiger partial charge on any atom is -0.326 e. The zero-order chi connectivity index (χ0) is 15.7. The standard InChI is InChI=1S/C13H20N2O4S2/c1-11-9-20(16,17)7-6-15(11)21(18,19)10-13-4-2-12(8-14)3-5-13/h2-5,11H,6-10,14H2,1H3. The molecule has 0 saturated carbocycles. The van der Waals surface area contributed by atoms with Crippen molar-refractivity contribution in [2.75, 3.05) is 18.1 Å². The molecule has 1 fully saturated rings. The third-order valence-corrected chi connectivity index (χ3v) is 7.32. The van der Waals surface area contributed by atoms with Crippen molar-refractivity contribution >= 4 is 19.9 Å². The second-order valence-corrected chi connectivity index (χ2v) is 9.50. The summed E-state index contributed by atoms with van der Waals surface area (Å²) in [6, 6.07) is 6.57. The van der Waals surface area contributed by atoms with Gasteiger partial charge in [0.2, 0.25) is 10.0 Å². The van der Waals surface area contributed by atoms with Crippen LogP contribution in [0.2, 0.25) is 0 Å². The van der Waals surface area contributed by atoms with Gasteiger partial charge >= 0.3 is 0 Å². The van der Waals surface area contributed by atoms with Crippen LogP contribution in [0.15, 0.2) is 24.3 Å². The first-order chi connectivity index (χ1) is 9.73. The molecule has 1 aromatic rings. The molecule has 21 heavy (non-hydrogen) atoms. The van der Waals surface area contributed by atoms with Gasteiger partial charge in [0.1, 0.15) is 0 Å². The summed E-state index contributed by atoms with van der Waals surface area (Å²) in [7, 11) is -6.64. The molecule has 118 valence electrons. The van der Waals surface area contributed by atoms with Gasteiger partial charge in [-0.05, 0) is 18.1 Å². The molecule has 1 unspecified atom stereocenters. The van der Waals surface area contributed by atoms with Gasteiger partial charge in [0.15, 0.2) is 9.84 Å². The predicted molar refractivity (Wildman–Crippen MR) is 81.8 cm³/mol. The van der Waals surface area contributed by atoms with Crippen LogP contribution in [0.4, 0.5) is 0 Å². The molecule has 0 aromatic heterocycles. The van der Waals surface area contributed by atoms with Crippen LogP contribution in [0.25, 0.3) is 0 Å². The van der Waals surface area contributed by atoms with Crippen LogP contribution in [-0.4, -0.2) is 45.2 Å². The summed E-state index contributed by atoms with van der Waals surface area (Å²) in [5, 5.41) is 0. The molecule has 1 atom stereocenters. The summed E-state index contributed by atoms with van der Waals surface area (Å²) >= 11 is 0. The van der Waals surface area contributed by atoms with Crippen LogP contribution >= 0.6 is 0 Å². The van der Waals surface area contributed by atoms with Gasteiger partial charge in [-0.2, -0.15) is 4.31 Å². The maximum Gasteiger partial charge on any atom is 0.218 e. The molecule has 2 rings (SSSR count). The Labute approximate surface area is 125 Å². The number of benzene rings is 1. The quantitative estimate of drug-likeness (QED) is 0.843. The molecule has 1 aromatic carbocycles. The summed E-state index contributed by atoms with van der Waals surface area (Å²) in [4.78, 5) is 0. The summed E-state index contributed by atoms with van der Waals surface area (Å²) in [5.41, 5.74) is 7.12. The second-order valence-electron chi connectivity index (χ2n) is 5.35. The van der Waals surface area contributed by atoms with E-state index in [4.69, 9.17) is 5.73 Å². The van der Waals surface area contributed by atoms with Crippen molar-refractivity contribution in [2.45, 2.75) is 25.3 Å². The van der Waals surface area contributed by atoms with Gasteiger partial charge in [-0.25, -0.2) is 16.8 Å². The third-order valence-electron chi connectivity index (χ3n) is 3.57. The molecule has 1 saturated heterocycles. The average molecular weight is 332 g/mol. The van der Waals surface area contributed by atoms with E-state index >= 15 is 0 Å². The summed E-state index contributed by atoms with van der Waals surface area (Å²) < 4.78 is 49.2. The maximum absolute atomic E-state index is 12.4. The molecule has 1 aliphatic heterocycles. The Bertz CT molecular complexity index is 696. The Morgan fingerprint density at radius 2 is 1.81 bits per heavy atom. The van der Waals surface area contributed by atoms with Crippen molar-refractivity contribution in [1.29, 1.82) is 0 Å². The monoisotopic (exact) mass is 332 g/mol. The minimum absolute atomic E-state index is 0.0344. The normalized spacial score (nSPS) is 23.0. The Morgan fingerprint density at radius 1 is 1.24 bits per heavy atom. The van der Waals surface area contributed by atoms with Gasteiger partial charge in [-0.1, -0.05) is 24.3 Å². The molecule has 6 nitrogen and oxygen atoms in total. The van der Waals surface area contributed by atoms with E-state index in [9.17, 15) is 16.8 Å². The van der Waals surface area contributed by atoms with Gasteiger partial charge in [0.25, 0.3) is 0 Å². The van der Waals surface area contributed by atoms with Gasteiger partial charge in [0, 0.05) is 19.1 Å². The number of hydrogen-bond donors (Lipinski definition) is 1. The van der Waals surface area contributed by atoms with Crippen LogP contribution < -0.4 is 5.73 Å². The van der Waals surface area contributed by atoms with Crippen LogP contribution in [0.1, 0.15) is 18.1 Å². The molecule has 0 spiro atoms. The van der Waals surface area contributed by atoms with Crippen LogP contribution in [0.3, 0.4) is 0 Å². The van der Waals surface area contributed by atoms with E-state index in [0.717, 1.165) is 5.56 Å². The first kappa shape index (κ1) is 16.4. The zero-order valence-corrected chi connectivity index (χ0v) is 13.5. The number of sulfonamides is 1. The second kappa shape index (κ2) is 6.04. The Kier molecular flexibility index (Phi) is 4.72. The highest BCUT2D eigenvalue weighted by Crippen LogP contribution is 2.19. The fourth-order valence-electron chi connectivity index (χ4n) is 2.46. The van der Waals surface area contributed by atoms with E-state index in [1.165, 1.54) is 4.31 Å². The highest BCUT2D eigenvalue weighted by molar-refractivity contribution is 7.92. The lowest BCUT2D eigenvalue weighted by Crippen LogP contribution is -2.49. The van der Waals surface area contributed by atoms with E-state index in [1.807, 2.05) is 0 Å². The van der Waals surface area contributed by atoms with Crippen molar-refractivity contribution < 1.29 is 16.8 Å². The van der Waals surface area contributed by atoms with Gasteiger partial charge in [-0.15, -0.1) is 0 Å². The Hall–Kier alpha value is -0.960. The van der Waals surface area contributed by atoms with Crippen molar-refractivity contribution in [3.63, 3.8) is 0 Å². The molecule has 0 bridgehead atoms. The minimum atomic E-state index is -3.52. The highest BCUT2D eigenvalue weighted by Gasteiger charge is 2.35. The maximum atomic E-state index is 12.4. The zero-order valence-electron chi connectivity index (χ0n) is 11.9. The van der Waals surface area contributed by atoms with Crippen molar-refractivity contribution in [2.24, 2.45) is 5.73 Å². The van der Waals surface area contributed by atoms with Crippen LogP contribution in [-0.2, 0) is 32.2 Å². The SMILES string of the molecule is CC1CS(=O)(=O)CCN1S(=O)(=O)Cc1ccc(CN)cc1. The van der Waals surface area contributed by atoms with Crippen molar-refractivity contribution in [1.82, 2.24) is 4.31 Å². The number of nitrogens with zero attached hydrogens (tertiary/aromatic N) is 1. The van der Waals surface area contributed by atoms with Crippen LogP contribution in [0, 0.1) is 0 Å². The number of sulfone groups is 1. The number of rotatable bonds is 4. The predicted octanol–water partition coefficient (Wildman–Crippen LogP) is 0.0940.